The maximum atomic E-state index is 11.5. The van der Waals surface area contributed by atoms with Gasteiger partial charge in [-0.25, -0.2) is 0 Å². The number of aliphatic carboxylic acids is 1. The van der Waals surface area contributed by atoms with Crippen molar-refractivity contribution in [3.05, 3.63) is 99.9 Å². The van der Waals surface area contributed by atoms with Crippen LogP contribution in [-0.2, 0) is 23.2 Å². The topological polar surface area (TPSA) is 70.4 Å². The molecule has 1 aromatic heterocycles. The van der Waals surface area contributed by atoms with Gasteiger partial charge in [0, 0.05) is 16.7 Å². The van der Waals surface area contributed by atoms with E-state index >= 15 is 0 Å². The van der Waals surface area contributed by atoms with Crippen molar-refractivity contribution in [1.82, 2.24) is 4.98 Å². The summed E-state index contributed by atoms with van der Waals surface area (Å²) < 4.78 is 0. The average Bonchev–Trinajstić information content (AvgIpc) is 3.70. The summed E-state index contributed by atoms with van der Waals surface area (Å²) in [6.07, 6.45) is 11.9. The standard InChI is InChI=1S/C36H43NO3S/c1-25-8-6-11-28-15-18-30(37-34(25)28)17-14-26-9-7-12-29(22-26)32(41-24-36(20-21-36)23-33(38)39)19-16-27-10-4-5-13-31(27)35(2,3)40/h4-5,7,9-10,12-15,17-18,22,25,32,40H,6,8,11,16,19-21,23-24H2,1-3H3,(H,38,39)/b17-14+/t25?,32-/m1/s1. The summed E-state index contributed by atoms with van der Waals surface area (Å²) in [5.74, 6) is 0.677. The zero-order chi connectivity index (χ0) is 29.0. The fraction of sp³-hybridized carbons (Fsp3) is 0.444. The molecule has 3 aromatic rings. The molecule has 0 bridgehead atoms. The molecule has 1 heterocycles. The zero-order valence-electron chi connectivity index (χ0n) is 24.6. The van der Waals surface area contributed by atoms with Crippen molar-refractivity contribution in [2.75, 3.05) is 5.75 Å². The molecule has 1 unspecified atom stereocenters. The lowest BCUT2D eigenvalue weighted by molar-refractivity contribution is -0.138. The number of carboxylic acid groups (broad SMARTS) is 1. The van der Waals surface area contributed by atoms with E-state index in [0.29, 0.717) is 5.92 Å². The fourth-order valence-corrected chi connectivity index (χ4v) is 7.71. The molecule has 4 nitrogen and oxygen atoms in total. The van der Waals surface area contributed by atoms with Gasteiger partial charge in [0.15, 0.2) is 0 Å². The molecule has 0 radical (unpaired) electrons. The Morgan fingerprint density at radius 1 is 1.12 bits per heavy atom. The normalized spacial score (nSPS) is 18.7. The highest BCUT2D eigenvalue weighted by Gasteiger charge is 2.44. The van der Waals surface area contributed by atoms with Gasteiger partial charge in [0.05, 0.1) is 17.7 Å². The van der Waals surface area contributed by atoms with E-state index in [-0.39, 0.29) is 17.1 Å². The highest BCUT2D eigenvalue weighted by atomic mass is 32.2. The second-order valence-electron chi connectivity index (χ2n) is 12.7. The lowest BCUT2D eigenvalue weighted by atomic mass is 9.88. The first-order chi connectivity index (χ1) is 19.6. The Kier molecular flexibility index (Phi) is 9.06. The number of aromatic nitrogens is 1. The third kappa shape index (κ3) is 7.69. The molecule has 2 aliphatic carbocycles. The first kappa shape index (κ1) is 29.6. The Morgan fingerprint density at radius 2 is 1.93 bits per heavy atom. The molecule has 0 aliphatic heterocycles. The number of aryl methyl sites for hydroxylation is 2. The van der Waals surface area contributed by atoms with Crippen molar-refractivity contribution in [2.24, 2.45) is 5.41 Å². The molecule has 0 saturated heterocycles. The highest BCUT2D eigenvalue weighted by Crippen LogP contribution is 2.53. The van der Waals surface area contributed by atoms with Crippen LogP contribution in [0.4, 0.5) is 0 Å². The van der Waals surface area contributed by atoms with E-state index in [0.717, 1.165) is 54.7 Å². The molecule has 2 aliphatic rings. The highest BCUT2D eigenvalue weighted by molar-refractivity contribution is 7.99. The van der Waals surface area contributed by atoms with E-state index in [9.17, 15) is 15.0 Å². The number of carbonyl (C=O) groups is 1. The predicted octanol–water partition coefficient (Wildman–Crippen LogP) is 8.58. The van der Waals surface area contributed by atoms with Crippen LogP contribution in [0.3, 0.4) is 0 Å². The number of rotatable bonds is 12. The second kappa shape index (κ2) is 12.5. The first-order valence-electron chi connectivity index (χ1n) is 15.0. The minimum absolute atomic E-state index is 0.0630. The minimum atomic E-state index is -0.897. The summed E-state index contributed by atoms with van der Waals surface area (Å²) in [7, 11) is 0. The van der Waals surface area contributed by atoms with Gasteiger partial charge in [-0.15, -0.1) is 0 Å². The van der Waals surface area contributed by atoms with Gasteiger partial charge in [0.1, 0.15) is 0 Å². The molecule has 5 rings (SSSR count). The molecule has 2 aromatic carbocycles. The number of carboxylic acids is 1. The van der Waals surface area contributed by atoms with Crippen LogP contribution < -0.4 is 0 Å². The average molecular weight is 570 g/mol. The van der Waals surface area contributed by atoms with Crippen LogP contribution in [-0.4, -0.2) is 26.9 Å². The Balaban J connectivity index is 1.36. The Bertz CT molecular complexity index is 1400. The van der Waals surface area contributed by atoms with Crippen LogP contribution in [0.1, 0.15) is 110 Å². The summed E-state index contributed by atoms with van der Waals surface area (Å²) in [5.41, 5.74) is 7.23. The summed E-state index contributed by atoms with van der Waals surface area (Å²) >= 11 is 1.90. The van der Waals surface area contributed by atoms with Crippen LogP contribution in [0.25, 0.3) is 12.2 Å². The van der Waals surface area contributed by atoms with Crippen molar-refractivity contribution in [3.63, 3.8) is 0 Å². The van der Waals surface area contributed by atoms with Gasteiger partial charge < -0.3 is 10.2 Å². The van der Waals surface area contributed by atoms with Gasteiger partial charge in [-0.2, -0.15) is 11.8 Å². The van der Waals surface area contributed by atoms with Gasteiger partial charge in [0.25, 0.3) is 0 Å². The molecule has 2 atom stereocenters. The molecular formula is C36H43NO3S. The van der Waals surface area contributed by atoms with Gasteiger partial charge in [-0.3, -0.25) is 9.78 Å². The monoisotopic (exact) mass is 569 g/mol. The summed E-state index contributed by atoms with van der Waals surface area (Å²) in [5, 5.41) is 20.4. The quantitative estimate of drug-likeness (QED) is 0.229. The van der Waals surface area contributed by atoms with E-state index in [1.54, 1.807) is 0 Å². The number of hydrogen-bond acceptors (Lipinski definition) is 4. The zero-order valence-corrected chi connectivity index (χ0v) is 25.4. The molecule has 41 heavy (non-hydrogen) atoms. The number of benzene rings is 2. The number of fused-ring (bicyclic) bond motifs is 1. The molecule has 0 amide bonds. The Hall–Kier alpha value is -2.89. The van der Waals surface area contributed by atoms with E-state index < -0.39 is 11.6 Å². The van der Waals surface area contributed by atoms with Crippen molar-refractivity contribution in [1.29, 1.82) is 0 Å². The first-order valence-corrected chi connectivity index (χ1v) is 16.1. The molecule has 1 saturated carbocycles. The number of hydrogen-bond donors (Lipinski definition) is 2. The van der Waals surface area contributed by atoms with E-state index in [4.69, 9.17) is 4.98 Å². The summed E-state index contributed by atoms with van der Waals surface area (Å²) in [6, 6.07) is 21.3. The van der Waals surface area contributed by atoms with Crippen molar-refractivity contribution >= 4 is 29.9 Å². The molecule has 0 spiro atoms. The number of nitrogens with zero attached hydrogens (tertiary/aromatic N) is 1. The summed E-state index contributed by atoms with van der Waals surface area (Å²) in [4.78, 5) is 16.5. The van der Waals surface area contributed by atoms with E-state index in [2.05, 4.69) is 61.5 Å². The molecule has 5 heteroatoms. The van der Waals surface area contributed by atoms with Crippen LogP contribution in [0.15, 0.2) is 60.7 Å². The van der Waals surface area contributed by atoms with Crippen molar-refractivity contribution < 1.29 is 15.0 Å². The van der Waals surface area contributed by atoms with Crippen LogP contribution >= 0.6 is 11.8 Å². The Morgan fingerprint density at radius 3 is 2.68 bits per heavy atom. The Labute approximate surface area is 249 Å². The minimum Gasteiger partial charge on any atom is -0.481 e. The smallest absolute Gasteiger partial charge is 0.303 e. The molecule has 2 N–H and O–H groups in total. The maximum absolute atomic E-state index is 11.5. The number of aliphatic hydroxyl groups is 1. The fourth-order valence-electron chi connectivity index (χ4n) is 6.15. The third-order valence-corrected chi connectivity index (χ3v) is 10.4. The summed E-state index contributed by atoms with van der Waals surface area (Å²) in [6.45, 7) is 5.96. The third-order valence-electron chi connectivity index (χ3n) is 8.74. The molecule has 1 fully saturated rings. The van der Waals surface area contributed by atoms with Crippen LogP contribution in [0.2, 0.25) is 0 Å². The van der Waals surface area contributed by atoms with Crippen molar-refractivity contribution in [3.8, 4) is 0 Å². The molecule has 216 valence electrons. The van der Waals surface area contributed by atoms with E-state index in [1.165, 1.54) is 35.2 Å². The number of thioether (sulfide) groups is 1. The maximum Gasteiger partial charge on any atom is 0.303 e. The van der Waals surface area contributed by atoms with Gasteiger partial charge in [0.2, 0.25) is 0 Å². The van der Waals surface area contributed by atoms with Crippen LogP contribution in [0.5, 0.6) is 0 Å². The lowest BCUT2D eigenvalue weighted by Crippen LogP contribution is -2.18. The largest absolute Gasteiger partial charge is 0.481 e. The van der Waals surface area contributed by atoms with Gasteiger partial charge in [-0.05, 0) is 110 Å². The van der Waals surface area contributed by atoms with Crippen molar-refractivity contribution in [2.45, 2.75) is 88.9 Å². The van der Waals surface area contributed by atoms with Gasteiger partial charge >= 0.3 is 5.97 Å². The van der Waals surface area contributed by atoms with Crippen LogP contribution in [0, 0.1) is 5.41 Å². The van der Waals surface area contributed by atoms with E-state index in [1.807, 2.05) is 43.8 Å². The molecular weight excluding hydrogens is 526 g/mol. The lowest BCUT2D eigenvalue weighted by Gasteiger charge is -2.24. The SMILES string of the molecule is CC1CCCc2ccc(/C=C/c3cccc([C@@H](CCc4ccccc4C(C)(C)O)SCC4(CC(=O)O)CC4)c3)nc21. The predicted molar refractivity (Wildman–Crippen MR) is 170 cm³/mol. The number of pyridine rings is 1. The van der Waals surface area contributed by atoms with Gasteiger partial charge in [-0.1, -0.05) is 67.6 Å². The second-order valence-corrected chi connectivity index (χ2v) is 13.9.